The molecule has 0 atom stereocenters. The Balaban J connectivity index is 2.15. The van der Waals surface area contributed by atoms with Gasteiger partial charge in [-0.05, 0) is 18.2 Å². The summed E-state index contributed by atoms with van der Waals surface area (Å²) in [5, 5.41) is 0.640. The van der Waals surface area contributed by atoms with Gasteiger partial charge in [0.25, 0.3) is 0 Å². The van der Waals surface area contributed by atoms with Crippen LogP contribution >= 0.6 is 11.6 Å². The zero-order chi connectivity index (χ0) is 13.8. The fraction of sp³-hybridized carbons (Fsp3) is 0.214. The summed E-state index contributed by atoms with van der Waals surface area (Å²) in [6.07, 6.45) is 1.81. The van der Waals surface area contributed by atoms with Crippen LogP contribution in [0, 0.1) is 6.92 Å². The van der Waals surface area contributed by atoms with Gasteiger partial charge in [-0.3, -0.25) is 4.84 Å². The molecule has 0 fully saturated rings. The SMILES string of the molecule is CO[n+]1cc(COc2cccc(Cl)c2)c(N)cc1C. The molecule has 0 aliphatic rings. The fourth-order valence-corrected chi connectivity index (χ4v) is 1.91. The van der Waals surface area contributed by atoms with Gasteiger partial charge >= 0.3 is 0 Å². The van der Waals surface area contributed by atoms with Gasteiger partial charge in [0, 0.05) is 22.7 Å². The lowest BCUT2D eigenvalue weighted by Crippen LogP contribution is -2.43. The van der Waals surface area contributed by atoms with Gasteiger partial charge in [-0.25, -0.2) is 0 Å². The van der Waals surface area contributed by atoms with Crippen molar-refractivity contribution < 1.29 is 14.3 Å². The molecule has 100 valence electrons. The number of halogens is 1. The van der Waals surface area contributed by atoms with E-state index < -0.39 is 0 Å². The average Bonchev–Trinajstić information content (AvgIpc) is 2.38. The second kappa shape index (κ2) is 5.80. The maximum atomic E-state index is 5.96. The van der Waals surface area contributed by atoms with Crippen molar-refractivity contribution in [3.05, 3.63) is 52.8 Å². The number of aromatic nitrogens is 1. The van der Waals surface area contributed by atoms with Gasteiger partial charge in [-0.1, -0.05) is 17.7 Å². The first-order valence-electron chi connectivity index (χ1n) is 5.83. The highest BCUT2D eigenvalue weighted by molar-refractivity contribution is 6.30. The van der Waals surface area contributed by atoms with Crippen LogP contribution in [0.3, 0.4) is 0 Å². The van der Waals surface area contributed by atoms with E-state index in [1.807, 2.05) is 31.3 Å². The van der Waals surface area contributed by atoms with E-state index in [1.54, 1.807) is 24.0 Å². The zero-order valence-corrected chi connectivity index (χ0v) is 11.6. The Hall–Kier alpha value is -1.94. The summed E-state index contributed by atoms with van der Waals surface area (Å²) < 4.78 is 7.31. The molecule has 5 heteroatoms. The molecule has 4 nitrogen and oxygen atoms in total. The summed E-state index contributed by atoms with van der Waals surface area (Å²) in [6, 6.07) is 9.09. The molecule has 0 unspecified atom stereocenters. The van der Waals surface area contributed by atoms with E-state index in [0.717, 1.165) is 11.3 Å². The van der Waals surface area contributed by atoms with Gasteiger partial charge < -0.3 is 10.5 Å². The Morgan fingerprint density at radius 2 is 2.11 bits per heavy atom. The molecule has 0 aliphatic carbocycles. The number of anilines is 1. The normalized spacial score (nSPS) is 10.3. The van der Waals surface area contributed by atoms with Gasteiger partial charge in [0.1, 0.15) is 19.5 Å². The van der Waals surface area contributed by atoms with Crippen molar-refractivity contribution in [2.24, 2.45) is 0 Å². The molecule has 1 aromatic carbocycles. The Kier molecular flexibility index (Phi) is 4.12. The van der Waals surface area contributed by atoms with Crippen LogP contribution < -0.4 is 20.0 Å². The van der Waals surface area contributed by atoms with E-state index in [2.05, 4.69) is 0 Å². The highest BCUT2D eigenvalue weighted by atomic mass is 35.5. The minimum absolute atomic E-state index is 0.357. The van der Waals surface area contributed by atoms with Crippen molar-refractivity contribution in [1.29, 1.82) is 0 Å². The zero-order valence-electron chi connectivity index (χ0n) is 10.9. The van der Waals surface area contributed by atoms with Crippen LogP contribution in [0.2, 0.25) is 5.02 Å². The van der Waals surface area contributed by atoms with Gasteiger partial charge in [0.05, 0.1) is 11.3 Å². The Morgan fingerprint density at radius 3 is 2.79 bits per heavy atom. The lowest BCUT2D eigenvalue weighted by atomic mass is 10.2. The van der Waals surface area contributed by atoms with E-state index in [1.165, 1.54) is 0 Å². The first-order chi connectivity index (χ1) is 9.10. The van der Waals surface area contributed by atoms with E-state index >= 15 is 0 Å². The number of nitrogens with two attached hydrogens (primary N) is 1. The quantitative estimate of drug-likeness (QED) is 0.873. The minimum Gasteiger partial charge on any atom is -0.489 e. The molecular formula is C14H16ClN2O2+. The van der Waals surface area contributed by atoms with Gasteiger partial charge in [-0.15, -0.1) is 0 Å². The number of hydrogen-bond acceptors (Lipinski definition) is 3. The van der Waals surface area contributed by atoms with Crippen molar-refractivity contribution in [2.75, 3.05) is 12.8 Å². The first kappa shape index (κ1) is 13.5. The number of pyridine rings is 1. The van der Waals surface area contributed by atoms with E-state index in [9.17, 15) is 0 Å². The molecule has 0 aliphatic heterocycles. The summed E-state index contributed by atoms with van der Waals surface area (Å²) in [5.41, 5.74) is 8.41. The number of benzene rings is 1. The molecule has 0 saturated carbocycles. The van der Waals surface area contributed by atoms with Crippen molar-refractivity contribution in [2.45, 2.75) is 13.5 Å². The van der Waals surface area contributed by atoms with Crippen LogP contribution in [-0.2, 0) is 6.61 Å². The second-order valence-corrected chi connectivity index (χ2v) is 4.59. The third-order valence-corrected chi connectivity index (χ3v) is 2.98. The summed E-state index contributed by atoms with van der Waals surface area (Å²) in [5.74, 6) is 0.705. The molecule has 1 heterocycles. The van der Waals surface area contributed by atoms with E-state index in [0.29, 0.717) is 23.1 Å². The second-order valence-electron chi connectivity index (χ2n) is 4.15. The first-order valence-corrected chi connectivity index (χ1v) is 6.21. The molecule has 0 bridgehead atoms. The lowest BCUT2D eigenvalue weighted by molar-refractivity contribution is -0.889. The topological polar surface area (TPSA) is 48.4 Å². The highest BCUT2D eigenvalue weighted by Crippen LogP contribution is 2.19. The number of hydrogen-bond donors (Lipinski definition) is 1. The van der Waals surface area contributed by atoms with Crippen molar-refractivity contribution >= 4 is 17.3 Å². The molecular weight excluding hydrogens is 264 g/mol. The Morgan fingerprint density at radius 1 is 1.32 bits per heavy atom. The average molecular weight is 280 g/mol. The maximum Gasteiger partial charge on any atom is 0.233 e. The fourth-order valence-electron chi connectivity index (χ4n) is 1.73. The molecule has 19 heavy (non-hydrogen) atoms. The van der Waals surface area contributed by atoms with Gasteiger partial charge in [0.15, 0.2) is 0 Å². The minimum atomic E-state index is 0.357. The smallest absolute Gasteiger partial charge is 0.233 e. The number of nitrogens with zero attached hydrogens (tertiary/aromatic N) is 1. The van der Waals surface area contributed by atoms with Gasteiger partial charge in [0.2, 0.25) is 11.9 Å². The summed E-state index contributed by atoms with van der Waals surface area (Å²) in [6.45, 7) is 2.28. The van der Waals surface area contributed by atoms with Crippen LogP contribution in [-0.4, -0.2) is 7.11 Å². The van der Waals surface area contributed by atoms with Crippen LogP contribution in [0.5, 0.6) is 5.75 Å². The Bertz CT molecular complexity index is 588. The van der Waals surface area contributed by atoms with Crippen LogP contribution in [0.1, 0.15) is 11.3 Å². The third-order valence-electron chi connectivity index (χ3n) is 2.74. The predicted molar refractivity (Wildman–Crippen MR) is 74.1 cm³/mol. The molecule has 0 saturated heterocycles. The molecule has 2 aromatic rings. The van der Waals surface area contributed by atoms with E-state index in [-0.39, 0.29) is 0 Å². The molecule has 2 rings (SSSR count). The molecule has 2 N–H and O–H groups in total. The van der Waals surface area contributed by atoms with Crippen molar-refractivity contribution in [3.8, 4) is 5.75 Å². The van der Waals surface area contributed by atoms with Gasteiger partial charge in [-0.2, -0.15) is 0 Å². The number of aryl methyl sites for hydroxylation is 1. The summed E-state index contributed by atoms with van der Waals surface area (Å²) >= 11 is 5.90. The molecule has 0 spiro atoms. The predicted octanol–water partition coefficient (Wildman–Crippen LogP) is 2.16. The number of nitrogen functional groups attached to an aromatic ring is 1. The molecule has 1 aromatic heterocycles. The van der Waals surface area contributed by atoms with Crippen LogP contribution in [0.25, 0.3) is 0 Å². The van der Waals surface area contributed by atoms with Crippen molar-refractivity contribution in [1.82, 2.24) is 0 Å². The molecule has 0 radical (unpaired) electrons. The third kappa shape index (κ3) is 3.29. The standard InChI is InChI=1S/C14H15ClN2O2/c1-10-6-14(16)11(8-17(10)18-2)9-19-13-5-3-4-12(15)7-13/h3-8,16H,9H2,1-2H3/p+1. The van der Waals surface area contributed by atoms with Crippen LogP contribution in [0.4, 0.5) is 5.69 Å². The molecule has 0 amide bonds. The largest absolute Gasteiger partial charge is 0.489 e. The summed E-state index contributed by atoms with van der Waals surface area (Å²) in [4.78, 5) is 5.20. The van der Waals surface area contributed by atoms with Crippen molar-refractivity contribution in [3.63, 3.8) is 0 Å². The maximum absolute atomic E-state index is 5.96. The number of rotatable bonds is 4. The highest BCUT2D eigenvalue weighted by Gasteiger charge is 2.13. The van der Waals surface area contributed by atoms with Crippen LogP contribution in [0.15, 0.2) is 36.5 Å². The Labute approximate surface area is 117 Å². The lowest BCUT2D eigenvalue weighted by Gasteiger charge is -2.08. The van der Waals surface area contributed by atoms with E-state index in [4.69, 9.17) is 26.9 Å². The number of ether oxygens (including phenoxy) is 1. The monoisotopic (exact) mass is 279 g/mol. The summed E-state index contributed by atoms with van der Waals surface area (Å²) in [7, 11) is 1.60.